The Morgan fingerprint density at radius 3 is 2.30 bits per heavy atom. The molecule has 0 atom stereocenters. The first kappa shape index (κ1) is 33.6. The summed E-state index contributed by atoms with van der Waals surface area (Å²) in [5, 5.41) is 2.94. The van der Waals surface area contributed by atoms with Gasteiger partial charge in [0.05, 0.1) is 18.6 Å². The number of methoxy groups -OCH3 is 1. The molecule has 40 heavy (non-hydrogen) atoms. The molecule has 0 spiro atoms. The number of nitrogens with one attached hydrogen (secondary N) is 1. The molecule has 1 aromatic heterocycles. The van der Waals surface area contributed by atoms with Gasteiger partial charge in [-0.2, -0.15) is 4.57 Å². The van der Waals surface area contributed by atoms with Crippen LogP contribution in [0.1, 0.15) is 81.6 Å². The molecule has 0 bridgehead atoms. The van der Waals surface area contributed by atoms with Gasteiger partial charge in [-0.15, -0.1) is 0 Å². The van der Waals surface area contributed by atoms with Gasteiger partial charge in [-0.1, -0.05) is 88.2 Å². The zero-order chi connectivity index (χ0) is 27.7. The molecule has 0 radical (unpaired) electrons. The number of anilines is 1. The largest absolute Gasteiger partial charge is 1.00 e. The fourth-order valence-electron chi connectivity index (χ4n) is 4.45. The minimum Gasteiger partial charge on any atom is -1.00 e. The van der Waals surface area contributed by atoms with Crippen LogP contribution in [0.15, 0.2) is 54.2 Å². The Labute approximate surface area is 254 Å². The molecule has 0 aliphatic carbocycles. The highest BCUT2D eigenvalue weighted by atomic mass is 79.9. The van der Waals surface area contributed by atoms with Gasteiger partial charge in [-0.25, -0.2) is 0 Å². The van der Waals surface area contributed by atoms with E-state index in [4.69, 9.17) is 14.2 Å². The minimum absolute atomic E-state index is 0. The topological polar surface area (TPSA) is 60.7 Å². The average molecular weight is 634 g/mol. The maximum absolute atomic E-state index is 12.6. The van der Waals surface area contributed by atoms with Crippen LogP contribution in [0, 0.1) is 6.92 Å². The third kappa shape index (κ3) is 12.7. The number of carbonyl (C=O) groups is 1. The van der Waals surface area contributed by atoms with Crippen LogP contribution in [0.3, 0.4) is 0 Å². The van der Waals surface area contributed by atoms with E-state index in [1.807, 2.05) is 30.3 Å². The number of hydrogen-bond acceptors (Lipinski definition) is 5. The second-order valence-electron chi connectivity index (χ2n) is 10.0. The highest BCUT2D eigenvalue weighted by Crippen LogP contribution is 2.32. The fraction of sp³-hybridized carbons (Fsp3) is 0.500. The lowest BCUT2D eigenvalue weighted by Gasteiger charge is -2.14. The van der Waals surface area contributed by atoms with Gasteiger partial charge >= 0.3 is 0 Å². The molecule has 8 heteroatoms. The summed E-state index contributed by atoms with van der Waals surface area (Å²) >= 11 is 1.72. The highest BCUT2D eigenvalue weighted by Gasteiger charge is 2.12. The molecular weight excluding hydrogens is 588 g/mol. The summed E-state index contributed by atoms with van der Waals surface area (Å²) in [7, 11) is 1.63. The summed E-state index contributed by atoms with van der Waals surface area (Å²) in [6.07, 6.45) is 14.9. The molecule has 220 valence electrons. The predicted octanol–water partition coefficient (Wildman–Crippen LogP) is 4.72. The number of nitrogens with zero attached hydrogens (tertiary/aromatic N) is 1. The van der Waals surface area contributed by atoms with E-state index in [1.165, 1.54) is 56.2 Å². The number of aryl methyl sites for hydroxylation is 1. The third-order valence-electron chi connectivity index (χ3n) is 6.56. The molecule has 0 aliphatic heterocycles. The number of unbranched alkanes of at least 4 members (excludes halogenated alkanes) is 9. The number of aromatic nitrogens is 1. The maximum Gasteiger partial charge on any atom is 0.262 e. The number of ether oxygens (including phenoxy) is 3. The number of hydrogen-bond donors (Lipinski definition) is 1. The van der Waals surface area contributed by atoms with Crippen LogP contribution in [-0.4, -0.2) is 26.2 Å². The number of halogens is 1. The van der Waals surface area contributed by atoms with Gasteiger partial charge in [0.25, 0.3) is 5.91 Å². The number of carbonyl (C=O) groups excluding carboxylic acids is 1. The van der Waals surface area contributed by atoms with Gasteiger partial charge < -0.3 is 36.5 Å². The normalized spacial score (nSPS) is 10.6. The van der Waals surface area contributed by atoms with Crippen molar-refractivity contribution in [1.29, 1.82) is 0 Å². The predicted molar refractivity (Wildman–Crippen MR) is 159 cm³/mol. The van der Waals surface area contributed by atoms with E-state index in [1.54, 1.807) is 24.5 Å². The molecule has 1 heterocycles. The van der Waals surface area contributed by atoms with Crippen LogP contribution < -0.4 is 41.1 Å². The van der Waals surface area contributed by atoms with Gasteiger partial charge in [0, 0.05) is 17.3 Å². The van der Waals surface area contributed by atoms with Crippen molar-refractivity contribution in [3.05, 3.63) is 64.6 Å². The van der Waals surface area contributed by atoms with Crippen molar-refractivity contribution in [2.45, 2.75) is 84.6 Å². The fourth-order valence-corrected chi connectivity index (χ4v) is 5.08. The molecule has 2 aromatic carbocycles. The van der Waals surface area contributed by atoms with Crippen molar-refractivity contribution in [2.75, 3.05) is 25.6 Å². The number of benzene rings is 2. The van der Waals surface area contributed by atoms with Crippen LogP contribution in [0.25, 0.3) is 0 Å². The standard InChI is InChI=1S/C32H44N2O4S.BrH/c1-4-5-6-7-8-9-10-11-12-13-19-37-31-21-29(36-3)17-18-30(31)38-24-32(35)33-28-16-14-15-27(20-28)23-34-22-26(2)39-25-34;/h14-18,20-22,25H,4-13,19,23-24H2,1-3H3;1H. The summed E-state index contributed by atoms with van der Waals surface area (Å²) in [6.45, 7) is 5.61. The summed E-state index contributed by atoms with van der Waals surface area (Å²) in [5.74, 6) is 1.61. The van der Waals surface area contributed by atoms with Crippen LogP contribution in [-0.2, 0) is 11.3 Å². The lowest BCUT2D eigenvalue weighted by atomic mass is 10.1. The van der Waals surface area contributed by atoms with Gasteiger partial charge in [-0.3, -0.25) is 4.79 Å². The Balaban J connectivity index is 0.00000560. The first-order valence-electron chi connectivity index (χ1n) is 14.3. The van der Waals surface area contributed by atoms with Crippen molar-refractivity contribution in [1.82, 2.24) is 0 Å². The van der Waals surface area contributed by atoms with E-state index in [2.05, 4.69) is 41.5 Å². The Hall–Kier alpha value is -2.58. The van der Waals surface area contributed by atoms with Gasteiger partial charge in [0.1, 0.15) is 5.75 Å². The Morgan fingerprint density at radius 1 is 0.900 bits per heavy atom. The van der Waals surface area contributed by atoms with Gasteiger partial charge in [0.15, 0.2) is 30.8 Å². The summed E-state index contributed by atoms with van der Waals surface area (Å²) in [4.78, 5) is 13.9. The van der Waals surface area contributed by atoms with E-state index < -0.39 is 0 Å². The lowest BCUT2D eigenvalue weighted by Crippen LogP contribution is -3.00. The first-order valence-corrected chi connectivity index (χ1v) is 15.2. The van der Waals surface area contributed by atoms with E-state index in [-0.39, 0.29) is 29.5 Å². The molecule has 3 rings (SSSR count). The lowest BCUT2D eigenvalue weighted by molar-refractivity contribution is -0.683. The molecule has 0 saturated heterocycles. The van der Waals surface area contributed by atoms with Gasteiger partial charge in [-0.05, 0) is 37.6 Å². The SMILES string of the molecule is CCCCCCCCCCCCOc1cc(OC)ccc1OCC(=O)Nc1cccc(C[n+]2csc(C)c2)c1.[Br-]. The summed E-state index contributed by atoms with van der Waals surface area (Å²) in [5.41, 5.74) is 3.97. The van der Waals surface area contributed by atoms with Crippen molar-refractivity contribution in [3.63, 3.8) is 0 Å². The van der Waals surface area contributed by atoms with Crippen molar-refractivity contribution in [2.24, 2.45) is 0 Å². The van der Waals surface area contributed by atoms with E-state index in [9.17, 15) is 4.79 Å². The molecule has 3 aromatic rings. The van der Waals surface area contributed by atoms with Crippen molar-refractivity contribution >= 4 is 22.9 Å². The monoisotopic (exact) mass is 632 g/mol. The van der Waals surface area contributed by atoms with Crippen molar-refractivity contribution in [3.8, 4) is 17.2 Å². The van der Waals surface area contributed by atoms with Crippen LogP contribution in [0.5, 0.6) is 17.2 Å². The van der Waals surface area contributed by atoms with Crippen LogP contribution >= 0.6 is 11.3 Å². The highest BCUT2D eigenvalue weighted by molar-refractivity contribution is 7.09. The third-order valence-corrected chi connectivity index (χ3v) is 7.42. The quantitative estimate of drug-likeness (QED) is 0.153. The molecule has 0 aliphatic rings. The average Bonchev–Trinajstić information content (AvgIpc) is 3.35. The first-order chi connectivity index (χ1) is 19.1. The maximum atomic E-state index is 12.6. The molecule has 1 amide bonds. The number of thiazole rings is 1. The zero-order valence-corrected chi connectivity index (χ0v) is 26.7. The molecule has 6 nitrogen and oxygen atoms in total. The smallest absolute Gasteiger partial charge is 0.262 e. The van der Waals surface area contributed by atoms with Crippen LogP contribution in [0.2, 0.25) is 0 Å². The van der Waals surface area contributed by atoms with E-state index in [0.29, 0.717) is 23.9 Å². The number of rotatable bonds is 19. The number of amides is 1. The Kier molecular flexibility index (Phi) is 16.4. The second kappa shape index (κ2) is 19.5. The second-order valence-corrected chi connectivity index (χ2v) is 11.1. The Bertz CT molecular complexity index is 1140. The molecule has 1 N–H and O–H groups in total. The summed E-state index contributed by atoms with van der Waals surface area (Å²) in [6, 6.07) is 13.3. The van der Waals surface area contributed by atoms with E-state index in [0.717, 1.165) is 30.6 Å². The van der Waals surface area contributed by atoms with E-state index >= 15 is 0 Å². The molecule has 0 unspecified atom stereocenters. The van der Waals surface area contributed by atoms with Crippen molar-refractivity contribution < 1.29 is 40.6 Å². The van der Waals surface area contributed by atoms with Crippen LogP contribution in [0.4, 0.5) is 5.69 Å². The molecule has 0 fully saturated rings. The summed E-state index contributed by atoms with van der Waals surface area (Å²) < 4.78 is 19.4. The van der Waals surface area contributed by atoms with Gasteiger partial charge in [0.2, 0.25) is 5.51 Å². The Morgan fingerprint density at radius 2 is 1.62 bits per heavy atom. The minimum atomic E-state index is -0.220. The molecule has 0 saturated carbocycles. The molecular formula is C32H45BrN2O4S. The zero-order valence-electron chi connectivity index (χ0n) is 24.3.